The van der Waals surface area contributed by atoms with Gasteiger partial charge in [0.05, 0.1) is 37.2 Å². The van der Waals surface area contributed by atoms with Crippen LogP contribution in [0, 0.1) is 6.92 Å². The molecular formula is C20H29BN2O4. The number of hydrogen-bond donors (Lipinski definition) is 0. The van der Waals surface area contributed by atoms with Crippen LogP contribution in [0.25, 0.3) is 0 Å². The van der Waals surface area contributed by atoms with E-state index < -0.39 is 7.12 Å². The molecule has 0 bridgehead atoms. The molecule has 1 aromatic heterocycles. The summed E-state index contributed by atoms with van der Waals surface area (Å²) in [5.74, 6) is 0.835. The smallest absolute Gasteiger partial charge is 0.497 e. The Kier molecular flexibility index (Phi) is 5.39. The summed E-state index contributed by atoms with van der Waals surface area (Å²) in [6.07, 6.45) is 0. The Labute approximate surface area is 161 Å². The van der Waals surface area contributed by atoms with Crippen LogP contribution in [0.5, 0.6) is 5.75 Å². The van der Waals surface area contributed by atoms with Crippen molar-refractivity contribution in [3.8, 4) is 5.75 Å². The molecule has 1 aliphatic heterocycles. The molecule has 0 aliphatic carbocycles. The molecule has 146 valence electrons. The second kappa shape index (κ2) is 7.30. The van der Waals surface area contributed by atoms with Gasteiger partial charge in [-0.25, -0.2) is 0 Å². The standard InChI is InChI=1S/C20H29BN2O4/c1-14-18(21-26-19(2,3)20(4,5)27-21)17(22-23(14)6)13-25-12-15-8-10-16(24-7)11-9-15/h8-11H,12-13H2,1-7H3. The van der Waals surface area contributed by atoms with E-state index in [1.165, 1.54) is 0 Å². The molecule has 1 aromatic carbocycles. The van der Waals surface area contributed by atoms with Crippen LogP contribution >= 0.6 is 0 Å². The van der Waals surface area contributed by atoms with Gasteiger partial charge in [-0.1, -0.05) is 12.1 Å². The van der Waals surface area contributed by atoms with E-state index in [0.717, 1.165) is 28.2 Å². The van der Waals surface area contributed by atoms with Gasteiger partial charge in [0.2, 0.25) is 0 Å². The third-order valence-corrected chi connectivity index (χ3v) is 5.61. The molecule has 27 heavy (non-hydrogen) atoms. The van der Waals surface area contributed by atoms with Crippen molar-refractivity contribution in [1.82, 2.24) is 9.78 Å². The summed E-state index contributed by atoms with van der Waals surface area (Å²) in [5, 5.41) is 4.62. The first-order chi connectivity index (χ1) is 12.6. The van der Waals surface area contributed by atoms with Crippen molar-refractivity contribution < 1.29 is 18.8 Å². The van der Waals surface area contributed by atoms with Gasteiger partial charge >= 0.3 is 7.12 Å². The maximum atomic E-state index is 6.23. The molecule has 1 fully saturated rings. The van der Waals surface area contributed by atoms with E-state index in [0.29, 0.717) is 13.2 Å². The van der Waals surface area contributed by atoms with Crippen molar-refractivity contribution in [2.24, 2.45) is 7.05 Å². The van der Waals surface area contributed by atoms with Crippen LogP contribution in [0.2, 0.25) is 0 Å². The Hall–Kier alpha value is -1.83. The van der Waals surface area contributed by atoms with Gasteiger partial charge in [0, 0.05) is 18.2 Å². The number of ether oxygens (including phenoxy) is 2. The third-order valence-electron chi connectivity index (χ3n) is 5.61. The molecular weight excluding hydrogens is 343 g/mol. The number of rotatable bonds is 6. The maximum Gasteiger partial charge on any atom is 0.498 e. The largest absolute Gasteiger partial charge is 0.498 e. The fourth-order valence-electron chi connectivity index (χ4n) is 3.05. The molecule has 2 aromatic rings. The monoisotopic (exact) mass is 372 g/mol. The Morgan fingerprint density at radius 1 is 1.04 bits per heavy atom. The molecule has 0 atom stereocenters. The van der Waals surface area contributed by atoms with Crippen LogP contribution in [0.15, 0.2) is 24.3 Å². The minimum absolute atomic E-state index is 0.388. The summed E-state index contributed by atoms with van der Waals surface area (Å²) in [6.45, 7) is 11.1. The van der Waals surface area contributed by atoms with Crippen LogP contribution in [-0.4, -0.2) is 35.2 Å². The van der Waals surface area contributed by atoms with Crippen LogP contribution in [0.1, 0.15) is 44.6 Å². The van der Waals surface area contributed by atoms with Gasteiger partial charge in [-0.3, -0.25) is 4.68 Å². The van der Waals surface area contributed by atoms with Crippen molar-refractivity contribution >= 4 is 12.6 Å². The average Bonchev–Trinajstić information content (AvgIpc) is 3.00. The minimum atomic E-state index is -0.441. The van der Waals surface area contributed by atoms with Crippen LogP contribution in [-0.2, 0) is 34.3 Å². The fraction of sp³-hybridized carbons (Fsp3) is 0.550. The number of aryl methyl sites for hydroxylation is 1. The van der Waals surface area contributed by atoms with E-state index in [4.69, 9.17) is 18.8 Å². The van der Waals surface area contributed by atoms with E-state index in [1.807, 2.05) is 42.9 Å². The minimum Gasteiger partial charge on any atom is -0.497 e. The molecule has 2 heterocycles. The summed E-state index contributed by atoms with van der Waals surface area (Å²) >= 11 is 0. The second-order valence-corrected chi connectivity index (χ2v) is 8.00. The number of nitrogens with zero attached hydrogens (tertiary/aromatic N) is 2. The molecule has 0 N–H and O–H groups in total. The predicted octanol–water partition coefficient (Wildman–Crippen LogP) is 2.75. The highest BCUT2D eigenvalue weighted by atomic mass is 16.7. The highest BCUT2D eigenvalue weighted by Gasteiger charge is 2.53. The lowest BCUT2D eigenvalue weighted by atomic mass is 9.77. The van der Waals surface area contributed by atoms with Crippen molar-refractivity contribution in [2.75, 3.05) is 7.11 Å². The first-order valence-corrected chi connectivity index (χ1v) is 9.23. The quantitative estimate of drug-likeness (QED) is 0.730. The zero-order valence-electron chi connectivity index (χ0n) is 17.3. The van der Waals surface area contributed by atoms with Crippen molar-refractivity contribution in [2.45, 2.75) is 59.0 Å². The van der Waals surface area contributed by atoms with Gasteiger partial charge in [0.25, 0.3) is 0 Å². The molecule has 0 radical (unpaired) electrons. The molecule has 0 spiro atoms. The SMILES string of the molecule is COc1ccc(COCc2nn(C)c(C)c2B2OC(C)(C)C(C)(C)O2)cc1. The lowest BCUT2D eigenvalue weighted by Crippen LogP contribution is -2.41. The molecule has 0 amide bonds. The lowest BCUT2D eigenvalue weighted by molar-refractivity contribution is 0.00578. The first-order valence-electron chi connectivity index (χ1n) is 9.23. The Morgan fingerprint density at radius 2 is 1.63 bits per heavy atom. The van der Waals surface area contributed by atoms with Crippen LogP contribution in [0.3, 0.4) is 0 Å². The Morgan fingerprint density at radius 3 is 2.19 bits per heavy atom. The lowest BCUT2D eigenvalue weighted by Gasteiger charge is -2.32. The van der Waals surface area contributed by atoms with E-state index >= 15 is 0 Å². The van der Waals surface area contributed by atoms with Crippen LogP contribution < -0.4 is 10.2 Å². The molecule has 0 saturated carbocycles. The number of benzene rings is 1. The van der Waals surface area contributed by atoms with E-state index in [2.05, 4.69) is 32.8 Å². The van der Waals surface area contributed by atoms with Gasteiger partial charge in [0.15, 0.2) is 0 Å². The number of methoxy groups -OCH3 is 1. The van der Waals surface area contributed by atoms with Crippen molar-refractivity contribution in [3.63, 3.8) is 0 Å². The molecule has 1 saturated heterocycles. The maximum absolute atomic E-state index is 6.23. The summed E-state index contributed by atoms with van der Waals surface area (Å²) < 4.78 is 25.4. The summed E-state index contributed by atoms with van der Waals surface area (Å²) in [5.41, 5.74) is 3.15. The highest BCUT2D eigenvalue weighted by molar-refractivity contribution is 6.63. The second-order valence-electron chi connectivity index (χ2n) is 8.00. The third kappa shape index (κ3) is 3.90. The Balaban J connectivity index is 1.72. The van der Waals surface area contributed by atoms with Crippen molar-refractivity contribution in [3.05, 3.63) is 41.2 Å². The van der Waals surface area contributed by atoms with Gasteiger partial charge in [-0.05, 0) is 52.3 Å². The molecule has 1 aliphatic rings. The van der Waals surface area contributed by atoms with Crippen molar-refractivity contribution in [1.29, 1.82) is 0 Å². The zero-order chi connectivity index (χ0) is 19.8. The van der Waals surface area contributed by atoms with E-state index in [-0.39, 0.29) is 11.2 Å². The Bertz CT molecular complexity index is 783. The molecule has 6 nitrogen and oxygen atoms in total. The average molecular weight is 372 g/mol. The summed E-state index contributed by atoms with van der Waals surface area (Å²) in [6, 6.07) is 7.86. The van der Waals surface area contributed by atoms with Gasteiger partial charge in [-0.15, -0.1) is 0 Å². The topological polar surface area (TPSA) is 54.7 Å². The summed E-state index contributed by atoms with van der Waals surface area (Å²) in [7, 11) is 3.15. The predicted molar refractivity (Wildman–Crippen MR) is 105 cm³/mol. The zero-order valence-corrected chi connectivity index (χ0v) is 17.3. The van der Waals surface area contributed by atoms with Crippen LogP contribution in [0.4, 0.5) is 0 Å². The van der Waals surface area contributed by atoms with E-state index in [1.54, 1.807) is 7.11 Å². The van der Waals surface area contributed by atoms with Gasteiger partial charge in [0.1, 0.15) is 5.75 Å². The molecule has 7 heteroatoms. The van der Waals surface area contributed by atoms with E-state index in [9.17, 15) is 0 Å². The number of aromatic nitrogens is 2. The highest BCUT2D eigenvalue weighted by Crippen LogP contribution is 2.37. The number of hydrogen-bond acceptors (Lipinski definition) is 5. The summed E-state index contributed by atoms with van der Waals surface area (Å²) in [4.78, 5) is 0. The normalized spacial score (nSPS) is 18.1. The fourth-order valence-corrected chi connectivity index (χ4v) is 3.05. The first kappa shape index (κ1) is 19.9. The molecule has 0 unspecified atom stereocenters. The van der Waals surface area contributed by atoms with Gasteiger partial charge < -0.3 is 18.8 Å². The molecule has 3 rings (SSSR count). The van der Waals surface area contributed by atoms with Gasteiger partial charge in [-0.2, -0.15) is 5.10 Å².